The molecule has 0 spiro atoms. The molecule has 0 saturated carbocycles. The number of anilines is 2. The first-order chi connectivity index (χ1) is 8.90. The number of rotatable bonds is 4. The molecule has 2 rings (SSSR count). The smallest absolute Gasteiger partial charge is 0.382 e. The summed E-state index contributed by atoms with van der Waals surface area (Å²) in [7, 11) is 0. The normalized spacial score (nSPS) is 12.0. The van der Waals surface area contributed by atoms with Gasteiger partial charge in [-0.05, 0) is 6.42 Å². The maximum Gasteiger partial charge on any atom is 0.405 e. The standard InChI is InChI=1S/C11H14F3N5/c1-2-4-19(7-11(12,13)14)10-9-16-3-5-18(9)6-8(15)17-10/h3,5-6H,2,4,7,15H2,1H3. The number of nitrogens with zero attached hydrogens (tertiary/aromatic N) is 4. The van der Waals surface area contributed by atoms with E-state index in [4.69, 9.17) is 5.73 Å². The zero-order chi connectivity index (χ0) is 14.0. The van der Waals surface area contributed by atoms with Crippen LogP contribution in [-0.4, -0.2) is 33.6 Å². The van der Waals surface area contributed by atoms with Crippen molar-refractivity contribution in [3.05, 3.63) is 18.6 Å². The van der Waals surface area contributed by atoms with E-state index >= 15 is 0 Å². The van der Waals surface area contributed by atoms with Gasteiger partial charge in [0, 0.05) is 18.9 Å². The Morgan fingerprint density at radius 3 is 2.79 bits per heavy atom. The number of imidazole rings is 1. The topological polar surface area (TPSA) is 59.5 Å². The number of nitrogens with two attached hydrogens (primary N) is 1. The van der Waals surface area contributed by atoms with Crippen molar-refractivity contribution in [2.45, 2.75) is 19.5 Å². The van der Waals surface area contributed by atoms with Crippen molar-refractivity contribution >= 4 is 17.3 Å². The molecule has 5 nitrogen and oxygen atoms in total. The van der Waals surface area contributed by atoms with Gasteiger partial charge in [0.25, 0.3) is 0 Å². The number of hydrogen-bond donors (Lipinski definition) is 1. The van der Waals surface area contributed by atoms with Crippen LogP contribution in [0.4, 0.5) is 24.8 Å². The Morgan fingerprint density at radius 1 is 1.42 bits per heavy atom. The monoisotopic (exact) mass is 273 g/mol. The van der Waals surface area contributed by atoms with Gasteiger partial charge in [0.15, 0.2) is 11.5 Å². The Kier molecular flexibility index (Phi) is 3.50. The van der Waals surface area contributed by atoms with Crippen LogP contribution < -0.4 is 10.6 Å². The van der Waals surface area contributed by atoms with Crippen molar-refractivity contribution in [2.24, 2.45) is 0 Å². The van der Waals surface area contributed by atoms with E-state index in [1.165, 1.54) is 12.4 Å². The first-order valence-electron chi connectivity index (χ1n) is 5.81. The number of fused-ring (bicyclic) bond motifs is 1. The van der Waals surface area contributed by atoms with Gasteiger partial charge in [0.05, 0.1) is 6.20 Å². The van der Waals surface area contributed by atoms with Crippen molar-refractivity contribution in [3.8, 4) is 0 Å². The summed E-state index contributed by atoms with van der Waals surface area (Å²) < 4.78 is 39.4. The van der Waals surface area contributed by atoms with E-state index in [-0.39, 0.29) is 18.2 Å². The molecule has 2 heterocycles. The molecule has 0 bridgehead atoms. The number of nitrogen functional groups attached to an aromatic ring is 1. The Hall–Kier alpha value is -1.99. The summed E-state index contributed by atoms with van der Waals surface area (Å²) in [6.45, 7) is 0.969. The Morgan fingerprint density at radius 2 is 2.16 bits per heavy atom. The van der Waals surface area contributed by atoms with Crippen LogP contribution in [0.15, 0.2) is 18.6 Å². The maximum absolute atomic E-state index is 12.6. The zero-order valence-corrected chi connectivity index (χ0v) is 10.4. The number of hydrogen-bond acceptors (Lipinski definition) is 4. The molecule has 2 aromatic heterocycles. The minimum absolute atomic E-state index is 0.156. The van der Waals surface area contributed by atoms with Gasteiger partial charge in [0.1, 0.15) is 12.4 Å². The second kappa shape index (κ2) is 4.94. The van der Waals surface area contributed by atoms with Crippen molar-refractivity contribution in [2.75, 3.05) is 23.7 Å². The van der Waals surface area contributed by atoms with E-state index in [1.54, 1.807) is 17.5 Å². The molecule has 0 aromatic carbocycles. The predicted octanol–water partition coefficient (Wildman–Crippen LogP) is 2.09. The lowest BCUT2D eigenvalue weighted by atomic mass is 10.3. The molecule has 0 unspecified atom stereocenters. The summed E-state index contributed by atoms with van der Waals surface area (Å²) >= 11 is 0. The third-order valence-electron chi connectivity index (χ3n) is 2.54. The number of halogens is 3. The van der Waals surface area contributed by atoms with Crippen molar-refractivity contribution < 1.29 is 13.2 Å². The van der Waals surface area contributed by atoms with Crippen LogP contribution in [0.2, 0.25) is 0 Å². The lowest BCUT2D eigenvalue weighted by Gasteiger charge is -2.24. The van der Waals surface area contributed by atoms with E-state index in [0.29, 0.717) is 12.1 Å². The first-order valence-corrected chi connectivity index (χ1v) is 5.81. The summed E-state index contributed by atoms with van der Waals surface area (Å²) in [5, 5.41) is 0. The highest BCUT2D eigenvalue weighted by Crippen LogP contribution is 2.24. The largest absolute Gasteiger partial charge is 0.405 e. The van der Waals surface area contributed by atoms with Crippen LogP contribution in [0.3, 0.4) is 0 Å². The minimum atomic E-state index is -4.30. The lowest BCUT2D eigenvalue weighted by Crippen LogP contribution is -2.36. The lowest BCUT2D eigenvalue weighted by molar-refractivity contribution is -0.119. The number of aromatic nitrogens is 3. The third-order valence-corrected chi connectivity index (χ3v) is 2.54. The van der Waals surface area contributed by atoms with Gasteiger partial charge < -0.3 is 15.0 Å². The van der Waals surface area contributed by atoms with Crippen molar-refractivity contribution in [3.63, 3.8) is 0 Å². The summed E-state index contributed by atoms with van der Waals surface area (Å²) in [6.07, 6.45) is 0.903. The van der Waals surface area contributed by atoms with Gasteiger partial charge in [-0.25, -0.2) is 9.97 Å². The van der Waals surface area contributed by atoms with E-state index in [9.17, 15) is 13.2 Å². The summed E-state index contributed by atoms with van der Waals surface area (Å²) in [4.78, 5) is 9.18. The summed E-state index contributed by atoms with van der Waals surface area (Å²) in [5.41, 5.74) is 5.98. The molecule has 0 atom stereocenters. The van der Waals surface area contributed by atoms with Gasteiger partial charge in [-0.1, -0.05) is 6.92 Å². The highest BCUT2D eigenvalue weighted by atomic mass is 19.4. The molecule has 8 heteroatoms. The van der Waals surface area contributed by atoms with Crippen LogP contribution in [0, 0.1) is 0 Å². The molecule has 0 amide bonds. The molecule has 0 aliphatic rings. The zero-order valence-electron chi connectivity index (χ0n) is 10.4. The molecule has 0 fully saturated rings. The molecule has 0 saturated heterocycles. The van der Waals surface area contributed by atoms with Crippen LogP contribution >= 0.6 is 0 Å². The first kappa shape index (κ1) is 13.4. The van der Waals surface area contributed by atoms with Gasteiger partial charge in [-0.3, -0.25) is 0 Å². The van der Waals surface area contributed by atoms with Crippen LogP contribution in [0.5, 0.6) is 0 Å². The molecular formula is C11H14F3N5. The molecule has 0 aliphatic carbocycles. The number of alkyl halides is 3. The maximum atomic E-state index is 12.6. The molecule has 104 valence electrons. The minimum Gasteiger partial charge on any atom is -0.382 e. The third kappa shape index (κ3) is 3.07. The summed E-state index contributed by atoms with van der Waals surface area (Å²) in [5.74, 6) is 0.313. The van der Waals surface area contributed by atoms with Crippen LogP contribution in [-0.2, 0) is 0 Å². The predicted molar refractivity (Wildman–Crippen MR) is 66.0 cm³/mol. The quantitative estimate of drug-likeness (QED) is 0.926. The summed E-state index contributed by atoms with van der Waals surface area (Å²) in [6, 6.07) is 0. The van der Waals surface area contributed by atoms with E-state index in [0.717, 1.165) is 4.90 Å². The Labute approximate surface area is 107 Å². The SMILES string of the molecule is CCCN(CC(F)(F)F)c1nc(N)cn2ccnc12. The van der Waals surface area contributed by atoms with Crippen molar-refractivity contribution in [1.82, 2.24) is 14.4 Å². The van der Waals surface area contributed by atoms with Gasteiger partial charge in [-0.2, -0.15) is 13.2 Å². The average Bonchev–Trinajstić information content (AvgIpc) is 2.73. The molecule has 2 aromatic rings. The highest BCUT2D eigenvalue weighted by molar-refractivity contribution is 5.66. The van der Waals surface area contributed by atoms with E-state index < -0.39 is 12.7 Å². The van der Waals surface area contributed by atoms with Crippen LogP contribution in [0.1, 0.15) is 13.3 Å². The molecule has 2 N–H and O–H groups in total. The van der Waals surface area contributed by atoms with E-state index in [2.05, 4.69) is 9.97 Å². The highest BCUT2D eigenvalue weighted by Gasteiger charge is 2.32. The molecule has 19 heavy (non-hydrogen) atoms. The van der Waals surface area contributed by atoms with E-state index in [1.807, 2.05) is 0 Å². The van der Waals surface area contributed by atoms with Gasteiger partial charge >= 0.3 is 6.18 Å². The van der Waals surface area contributed by atoms with Gasteiger partial charge in [0.2, 0.25) is 0 Å². The Balaban J connectivity index is 2.45. The van der Waals surface area contributed by atoms with Gasteiger partial charge in [-0.15, -0.1) is 0 Å². The van der Waals surface area contributed by atoms with Crippen LogP contribution in [0.25, 0.3) is 5.65 Å². The fraction of sp³-hybridized carbons (Fsp3) is 0.455. The molecular weight excluding hydrogens is 259 g/mol. The molecule has 0 aliphatic heterocycles. The second-order valence-electron chi connectivity index (χ2n) is 4.18. The Bertz CT molecular complexity index is 563. The molecule has 0 radical (unpaired) electrons. The average molecular weight is 273 g/mol. The fourth-order valence-electron chi connectivity index (χ4n) is 1.89. The second-order valence-corrected chi connectivity index (χ2v) is 4.18. The fourth-order valence-corrected chi connectivity index (χ4v) is 1.89. The van der Waals surface area contributed by atoms with Crippen molar-refractivity contribution in [1.29, 1.82) is 0 Å².